The molecule has 19 heavy (non-hydrogen) atoms. The molecular formula is C13H8BrCl2N3. The van der Waals surface area contributed by atoms with Crippen LogP contribution in [0.2, 0.25) is 10.0 Å². The number of anilines is 1. The third-order valence-electron chi connectivity index (χ3n) is 2.83. The number of halogens is 3. The van der Waals surface area contributed by atoms with E-state index in [-0.39, 0.29) is 0 Å². The summed E-state index contributed by atoms with van der Waals surface area (Å²) >= 11 is 15.5. The van der Waals surface area contributed by atoms with Crippen LogP contribution in [0.5, 0.6) is 0 Å². The van der Waals surface area contributed by atoms with Gasteiger partial charge in [-0.1, -0.05) is 45.2 Å². The minimum absolute atomic E-state index is 0.542. The maximum absolute atomic E-state index is 6.13. The van der Waals surface area contributed by atoms with Gasteiger partial charge >= 0.3 is 0 Å². The monoisotopic (exact) mass is 355 g/mol. The van der Waals surface area contributed by atoms with Crippen molar-refractivity contribution in [3.05, 3.63) is 51.0 Å². The maximum atomic E-state index is 6.13. The molecule has 2 N–H and O–H groups in total. The van der Waals surface area contributed by atoms with Crippen LogP contribution in [0.4, 0.5) is 5.82 Å². The molecule has 0 fully saturated rings. The van der Waals surface area contributed by atoms with E-state index in [1.807, 2.05) is 24.4 Å². The first-order valence-corrected chi connectivity index (χ1v) is 7.00. The average Bonchev–Trinajstić information content (AvgIpc) is 2.69. The number of imidazole rings is 1. The Morgan fingerprint density at radius 2 is 2.00 bits per heavy atom. The highest BCUT2D eigenvalue weighted by Gasteiger charge is 2.15. The summed E-state index contributed by atoms with van der Waals surface area (Å²) in [7, 11) is 0. The first-order chi connectivity index (χ1) is 9.08. The van der Waals surface area contributed by atoms with Crippen molar-refractivity contribution in [1.29, 1.82) is 0 Å². The third kappa shape index (κ3) is 2.10. The molecule has 1 aromatic carbocycles. The Hall–Kier alpha value is -1.23. The summed E-state index contributed by atoms with van der Waals surface area (Å²) in [5.74, 6) is 0.542. The van der Waals surface area contributed by atoms with E-state index in [1.165, 1.54) is 0 Å². The van der Waals surface area contributed by atoms with Gasteiger partial charge in [0, 0.05) is 21.3 Å². The molecule has 3 aromatic rings. The van der Waals surface area contributed by atoms with Crippen molar-refractivity contribution < 1.29 is 0 Å². The van der Waals surface area contributed by atoms with Gasteiger partial charge in [0.25, 0.3) is 0 Å². The number of fused-ring (bicyclic) bond motifs is 1. The molecule has 0 saturated carbocycles. The lowest BCUT2D eigenvalue weighted by atomic mass is 10.1. The van der Waals surface area contributed by atoms with Crippen molar-refractivity contribution in [1.82, 2.24) is 9.38 Å². The zero-order chi connectivity index (χ0) is 13.6. The van der Waals surface area contributed by atoms with E-state index >= 15 is 0 Å². The van der Waals surface area contributed by atoms with Crippen molar-refractivity contribution in [3.8, 4) is 11.3 Å². The van der Waals surface area contributed by atoms with E-state index in [0.717, 1.165) is 10.0 Å². The van der Waals surface area contributed by atoms with Gasteiger partial charge in [-0.3, -0.25) is 4.40 Å². The van der Waals surface area contributed by atoms with Gasteiger partial charge in [0.05, 0.1) is 5.02 Å². The first-order valence-electron chi connectivity index (χ1n) is 5.45. The zero-order valence-corrected chi connectivity index (χ0v) is 12.7. The molecule has 96 valence electrons. The molecule has 0 radical (unpaired) electrons. The summed E-state index contributed by atoms with van der Waals surface area (Å²) < 4.78 is 2.60. The lowest BCUT2D eigenvalue weighted by Crippen LogP contribution is -1.94. The van der Waals surface area contributed by atoms with Gasteiger partial charge in [-0.25, -0.2) is 4.98 Å². The molecule has 6 heteroatoms. The highest BCUT2D eigenvalue weighted by atomic mass is 79.9. The van der Waals surface area contributed by atoms with Gasteiger partial charge in [-0.15, -0.1) is 0 Å². The van der Waals surface area contributed by atoms with E-state index in [9.17, 15) is 0 Å². The first kappa shape index (κ1) is 12.8. The highest BCUT2D eigenvalue weighted by Crippen LogP contribution is 2.35. The van der Waals surface area contributed by atoms with Crippen molar-refractivity contribution in [2.24, 2.45) is 0 Å². The molecule has 2 aromatic heterocycles. The van der Waals surface area contributed by atoms with Crippen molar-refractivity contribution >= 4 is 50.6 Å². The third-order valence-corrected chi connectivity index (χ3v) is 4.01. The van der Waals surface area contributed by atoms with E-state index in [2.05, 4.69) is 20.9 Å². The fraction of sp³-hybridized carbons (Fsp3) is 0. The Labute approximate surface area is 128 Å². The van der Waals surface area contributed by atoms with Gasteiger partial charge in [-0.2, -0.15) is 0 Å². The topological polar surface area (TPSA) is 43.3 Å². The molecule has 0 unspecified atom stereocenters. The minimum atomic E-state index is 0.542. The van der Waals surface area contributed by atoms with E-state index in [4.69, 9.17) is 28.9 Å². The van der Waals surface area contributed by atoms with Crippen molar-refractivity contribution in [3.63, 3.8) is 0 Å². The molecule has 3 nitrogen and oxygen atoms in total. The fourth-order valence-electron chi connectivity index (χ4n) is 1.93. The molecule has 0 aliphatic heterocycles. The number of nitrogen functional groups attached to an aromatic ring is 1. The summed E-state index contributed by atoms with van der Waals surface area (Å²) in [5, 5.41) is 1.21. The number of nitrogens with zero attached hydrogens (tertiary/aromatic N) is 2. The van der Waals surface area contributed by atoms with Gasteiger partial charge in [0.2, 0.25) is 0 Å². The second kappa shape index (κ2) is 4.71. The van der Waals surface area contributed by atoms with Crippen LogP contribution in [0.3, 0.4) is 0 Å². The predicted octanol–water partition coefficient (Wildman–Crippen LogP) is 4.65. The minimum Gasteiger partial charge on any atom is -0.383 e. The van der Waals surface area contributed by atoms with Gasteiger partial charge in [-0.05, 0) is 24.3 Å². The summed E-state index contributed by atoms with van der Waals surface area (Å²) in [6, 6.07) is 9.09. The summed E-state index contributed by atoms with van der Waals surface area (Å²) in [5.41, 5.74) is 8.33. The Morgan fingerprint density at radius 3 is 2.68 bits per heavy atom. The number of benzene rings is 1. The Bertz CT molecular complexity index is 783. The van der Waals surface area contributed by atoms with Gasteiger partial charge < -0.3 is 5.73 Å². The van der Waals surface area contributed by atoms with Crippen LogP contribution in [-0.4, -0.2) is 9.38 Å². The molecule has 2 heterocycles. The summed E-state index contributed by atoms with van der Waals surface area (Å²) in [6.45, 7) is 0. The second-order valence-corrected chi connectivity index (χ2v) is 5.72. The lowest BCUT2D eigenvalue weighted by Gasteiger charge is -2.03. The van der Waals surface area contributed by atoms with Crippen LogP contribution in [-0.2, 0) is 0 Å². The Kier molecular flexibility index (Phi) is 3.17. The normalized spacial score (nSPS) is 11.1. The molecule has 0 aliphatic carbocycles. The number of hydrogen-bond acceptors (Lipinski definition) is 2. The smallest absolute Gasteiger partial charge is 0.157 e. The molecular weight excluding hydrogens is 349 g/mol. The van der Waals surface area contributed by atoms with E-state index < -0.39 is 0 Å². The zero-order valence-electron chi connectivity index (χ0n) is 9.57. The number of pyridine rings is 1. The van der Waals surface area contributed by atoms with Crippen LogP contribution in [0.25, 0.3) is 16.9 Å². The quantitative estimate of drug-likeness (QED) is 0.689. The fourth-order valence-corrected chi connectivity index (χ4v) is 3.01. The van der Waals surface area contributed by atoms with Crippen LogP contribution in [0.1, 0.15) is 0 Å². The number of nitrogens with two attached hydrogens (primary N) is 1. The van der Waals surface area contributed by atoms with Crippen LogP contribution in [0.15, 0.2) is 41.0 Å². The molecule has 0 atom stereocenters. The van der Waals surface area contributed by atoms with E-state index in [0.29, 0.717) is 27.2 Å². The molecule has 3 rings (SSSR count). The summed E-state index contributed by atoms with van der Waals surface area (Å²) in [4.78, 5) is 4.51. The standard InChI is InChI=1S/C13H8BrCl2N3/c14-9-6-7(15)3-4-8(9)11-12(17)19-5-1-2-10(16)13(19)18-11/h1-6H,17H2. The predicted molar refractivity (Wildman–Crippen MR) is 82.8 cm³/mol. The average molecular weight is 357 g/mol. The molecule has 0 bridgehead atoms. The Morgan fingerprint density at radius 1 is 1.21 bits per heavy atom. The molecule has 0 amide bonds. The molecule has 0 saturated heterocycles. The van der Waals surface area contributed by atoms with Crippen molar-refractivity contribution in [2.75, 3.05) is 5.73 Å². The number of rotatable bonds is 1. The van der Waals surface area contributed by atoms with Crippen LogP contribution < -0.4 is 5.73 Å². The highest BCUT2D eigenvalue weighted by molar-refractivity contribution is 9.10. The summed E-state index contributed by atoms with van der Waals surface area (Å²) in [6.07, 6.45) is 1.83. The lowest BCUT2D eigenvalue weighted by molar-refractivity contribution is 1.20. The largest absolute Gasteiger partial charge is 0.383 e. The van der Waals surface area contributed by atoms with Gasteiger partial charge in [0.15, 0.2) is 5.65 Å². The number of hydrogen-bond donors (Lipinski definition) is 1. The Balaban J connectivity index is 2.31. The van der Waals surface area contributed by atoms with Crippen LogP contribution in [0, 0.1) is 0 Å². The molecule has 0 spiro atoms. The van der Waals surface area contributed by atoms with Gasteiger partial charge in [0.1, 0.15) is 11.5 Å². The maximum Gasteiger partial charge on any atom is 0.157 e. The van der Waals surface area contributed by atoms with Crippen LogP contribution >= 0.6 is 39.1 Å². The number of aromatic nitrogens is 2. The molecule has 0 aliphatic rings. The second-order valence-electron chi connectivity index (χ2n) is 4.02. The SMILES string of the molecule is Nc1c(-c2ccc(Cl)cc2Br)nc2c(Cl)cccn12. The van der Waals surface area contributed by atoms with E-state index in [1.54, 1.807) is 16.5 Å². The van der Waals surface area contributed by atoms with Crippen molar-refractivity contribution in [2.45, 2.75) is 0 Å².